The van der Waals surface area contributed by atoms with Gasteiger partial charge in [0.25, 0.3) is 0 Å². The molecule has 3 N–H and O–H groups in total. The Morgan fingerprint density at radius 1 is 1.31 bits per heavy atom. The molecule has 7 nitrogen and oxygen atoms in total. The second kappa shape index (κ2) is 14.8. The second-order valence-corrected chi connectivity index (χ2v) is 7.33. The van der Waals surface area contributed by atoms with E-state index < -0.39 is 5.60 Å². The zero-order chi connectivity index (χ0) is 18.5. The first-order valence-electron chi connectivity index (χ1n) is 9.55. The van der Waals surface area contributed by atoms with Crippen molar-refractivity contribution in [1.29, 1.82) is 0 Å². The molecule has 0 saturated carbocycles. The van der Waals surface area contributed by atoms with Crippen LogP contribution in [0.4, 0.5) is 0 Å². The van der Waals surface area contributed by atoms with Gasteiger partial charge in [-0.3, -0.25) is 9.89 Å². The molecule has 156 valence electrons. The number of β-amino-alcohol motifs (C(OH)–C–C–N with tert-alkyl or cyclic N) is 1. The summed E-state index contributed by atoms with van der Waals surface area (Å²) >= 11 is 0. The van der Waals surface area contributed by atoms with Crippen molar-refractivity contribution < 1.29 is 14.6 Å². The highest BCUT2D eigenvalue weighted by Crippen LogP contribution is 2.09. The van der Waals surface area contributed by atoms with Gasteiger partial charge in [-0.2, -0.15) is 0 Å². The Labute approximate surface area is 176 Å². The highest BCUT2D eigenvalue weighted by Gasteiger charge is 2.25. The van der Waals surface area contributed by atoms with E-state index in [1.807, 2.05) is 13.8 Å². The van der Waals surface area contributed by atoms with Crippen LogP contribution < -0.4 is 10.6 Å². The van der Waals surface area contributed by atoms with Crippen molar-refractivity contribution in [1.82, 2.24) is 15.5 Å². The van der Waals surface area contributed by atoms with E-state index in [4.69, 9.17) is 9.47 Å². The number of morpholine rings is 1. The second-order valence-electron chi connectivity index (χ2n) is 7.33. The fourth-order valence-electron chi connectivity index (χ4n) is 2.58. The Bertz CT molecular complexity index is 375. The third-order valence-electron chi connectivity index (χ3n) is 3.80. The number of nitrogens with zero attached hydrogens (tertiary/aromatic N) is 2. The van der Waals surface area contributed by atoms with Crippen LogP contribution in [0.3, 0.4) is 0 Å². The Hall–Kier alpha value is -0.160. The van der Waals surface area contributed by atoms with Crippen molar-refractivity contribution in [3.63, 3.8) is 0 Å². The molecule has 0 aliphatic carbocycles. The smallest absolute Gasteiger partial charge is 0.191 e. The van der Waals surface area contributed by atoms with Gasteiger partial charge in [-0.1, -0.05) is 13.8 Å². The number of hydrogen-bond donors (Lipinski definition) is 3. The summed E-state index contributed by atoms with van der Waals surface area (Å²) in [5, 5.41) is 17.1. The molecule has 0 amide bonds. The van der Waals surface area contributed by atoms with Gasteiger partial charge in [0.15, 0.2) is 5.96 Å². The van der Waals surface area contributed by atoms with Crippen LogP contribution in [0.5, 0.6) is 0 Å². The normalized spacial score (nSPS) is 18.3. The minimum Gasteiger partial charge on any atom is -0.387 e. The summed E-state index contributed by atoms with van der Waals surface area (Å²) in [6.07, 6.45) is 0.932. The van der Waals surface area contributed by atoms with Crippen LogP contribution in [0.25, 0.3) is 0 Å². The van der Waals surface area contributed by atoms with Crippen LogP contribution in [0.15, 0.2) is 4.99 Å². The van der Waals surface area contributed by atoms with Gasteiger partial charge >= 0.3 is 0 Å². The third-order valence-corrected chi connectivity index (χ3v) is 3.80. The molecule has 1 fully saturated rings. The van der Waals surface area contributed by atoms with E-state index >= 15 is 0 Å². The molecule has 1 saturated heterocycles. The molecule has 0 aromatic heterocycles. The molecule has 0 aromatic rings. The van der Waals surface area contributed by atoms with E-state index in [1.54, 1.807) is 0 Å². The first kappa shape index (κ1) is 25.8. The van der Waals surface area contributed by atoms with E-state index in [-0.39, 0.29) is 24.0 Å². The first-order valence-corrected chi connectivity index (χ1v) is 9.55. The summed E-state index contributed by atoms with van der Waals surface area (Å²) < 4.78 is 10.9. The molecule has 0 spiro atoms. The van der Waals surface area contributed by atoms with Crippen molar-refractivity contribution in [2.24, 2.45) is 10.9 Å². The van der Waals surface area contributed by atoms with E-state index in [2.05, 4.69) is 34.4 Å². The highest BCUT2D eigenvalue weighted by molar-refractivity contribution is 14.0. The molecular formula is C18H39IN4O3. The molecule has 1 unspecified atom stereocenters. The maximum atomic E-state index is 10.6. The number of nitrogens with one attached hydrogen (secondary N) is 2. The molecule has 0 radical (unpaired) electrons. The van der Waals surface area contributed by atoms with Crippen molar-refractivity contribution in [2.45, 2.75) is 39.7 Å². The van der Waals surface area contributed by atoms with Crippen molar-refractivity contribution >= 4 is 29.9 Å². The number of ether oxygens (including phenoxy) is 2. The van der Waals surface area contributed by atoms with Crippen molar-refractivity contribution in [3.05, 3.63) is 0 Å². The zero-order valence-electron chi connectivity index (χ0n) is 16.9. The molecule has 1 aliphatic heterocycles. The third kappa shape index (κ3) is 13.1. The average molecular weight is 486 g/mol. The van der Waals surface area contributed by atoms with Crippen LogP contribution in [0.1, 0.15) is 34.1 Å². The molecule has 1 aliphatic rings. The van der Waals surface area contributed by atoms with Crippen LogP contribution in [0.2, 0.25) is 0 Å². The fraction of sp³-hybridized carbons (Fsp3) is 0.944. The van der Waals surface area contributed by atoms with E-state index in [9.17, 15) is 5.11 Å². The predicted octanol–water partition coefficient (Wildman–Crippen LogP) is 1.31. The summed E-state index contributed by atoms with van der Waals surface area (Å²) in [5.41, 5.74) is -0.847. The van der Waals surface area contributed by atoms with Crippen LogP contribution in [-0.4, -0.2) is 87.3 Å². The molecule has 1 atom stereocenters. The maximum Gasteiger partial charge on any atom is 0.191 e. The number of aliphatic imine (C=N–C) groups is 1. The van der Waals surface area contributed by atoms with Gasteiger partial charge in [0, 0.05) is 45.9 Å². The monoisotopic (exact) mass is 486 g/mol. The molecule has 0 aromatic carbocycles. The fourth-order valence-corrected chi connectivity index (χ4v) is 2.58. The van der Waals surface area contributed by atoms with Gasteiger partial charge in [0.05, 0.1) is 25.4 Å². The van der Waals surface area contributed by atoms with Gasteiger partial charge in [-0.15, -0.1) is 24.0 Å². The lowest BCUT2D eigenvalue weighted by Crippen LogP contribution is -2.48. The number of rotatable bonds is 11. The summed E-state index contributed by atoms with van der Waals surface area (Å²) in [4.78, 5) is 6.77. The van der Waals surface area contributed by atoms with Crippen molar-refractivity contribution in [2.75, 3.05) is 65.7 Å². The maximum absolute atomic E-state index is 10.6. The van der Waals surface area contributed by atoms with Gasteiger partial charge in [-0.25, -0.2) is 0 Å². The zero-order valence-corrected chi connectivity index (χ0v) is 19.3. The van der Waals surface area contributed by atoms with Gasteiger partial charge in [0.1, 0.15) is 0 Å². The lowest BCUT2D eigenvalue weighted by Gasteiger charge is -2.33. The number of halogens is 1. The summed E-state index contributed by atoms with van der Waals surface area (Å²) in [6.45, 7) is 15.5. The Balaban J connectivity index is 0.00000625. The van der Waals surface area contributed by atoms with Crippen LogP contribution in [-0.2, 0) is 9.47 Å². The number of hydrogen-bond acceptors (Lipinski definition) is 5. The molecular weight excluding hydrogens is 447 g/mol. The SMILES string of the molecule is CCNC(=NCC(C)(O)CN1CCOCC1)NCCCOCC(C)C.I. The van der Waals surface area contributed by atoms with Crippen LogP contribution >= 0.6 is 24.0 Å². The number of aliphatic hydroxyl groups is 1. The number of guanidine groups is 1. The van der Waals surface area contributed by atoms with Gasteiger partial charge in [-0.05, 0) is 26.2 Å². The predicted molar refractivity (Wildman–Crippen MR) is 118 cm³/mol. The lowest BCUT2D eigenvalue weighted by molar-refractivity contribution is -0.0180. The topological polar surface area (TPSA) is 78.4 Å². The van der Waals surface area contributed by atoms with E-state index in [1.165, 1.54) is 0 Å². The van der Waals surface area contributed by atoms with E-state index in [0.717, 1.165) is 65.0 Å². The average Bonchev–Trinajstić information content (AvgIpc) is 2.56. The largest absolute Gasteiger partial charge is 0.387 e. The minimum absolute atomic E-state index is 0. The molecule has 1 rings (SSSR count). The summed E-state index contributed by atoms with van der Waals surface area (Å²) in [7, 11) is 0. The van der Waals surface area contributed by atoms with Gasteiger partial charge in [0.2, 0.25) is 0 Å². The Kier molecular flexibility index (Phi) is 14.8. The standard InChI is InChI=1S/C18H38N4O3.HI/c1-5-19-17(20-7-6-10-25-13-16(2)3)21-14-18(4,23)15-22-8-11-24-12-9-22;/h16,23H,5-15H2,1-4H3,(H2,19,20,21);1H. The molecule has 0 bridgehead atoms. The minimum atomic E-state index is -0.847. The molecule has 1 heterocycles. The van der Waals surface area contributed by atoms with E-state index in [0.29, 0.717) is 19.0 Å². The quantitative estimate of drug-likeness (QED) is 0.177. The molecule has 8 heteroatoms. The van der Waals surface area contributed by atoms with Crippen LogP contribution in [0, 0.1) is 5.92 Å². The lowest BCUT2D eigenvalue weighted by atomic mass is 10.1. The summed E-state index contributed by atoms with van der Waals surface area (Å²) in [5.74, 6) is 1.31. The summed E-state index contributed by atoms with van der Waals surface area (Å²) in [6, 6.07) is 0. The Morgan fingerprint density at radius 3 is 2.62 bits per heavy atom. The highest BCUT2D eigenvalue weighted by atomic mass is 127. The Morgan fingerprint density at radius 2 is 2.00 bits per heavy atom. The molecule has 26 heavy (non-hydrogen) atoms. The van der Waals surface area contributed by atoms with Gasteiger partial charge < -0.3 is 25.2 Å². The first-order chi connectivity index (χ1) is 11.9. The van der Waals surface area contributed by atoms with Crippen molar-refractivity contribution in [3.8, 4) is 0 Å².